The highest BCUT2D eigenvalue weighted by Crippen LogP contribution is 2.35. The summed E-state index contributed by atoms with van der Waals surface area (Å²) in [5.41, 5.74) is 1.92. The molecule has 1 unspecified atom stereocenters. The lowest BCUT2D eigenvalue weighted by Crippen LogP contribution is -2.33. The Bertz CT molecular complexity index is 1340. The minimum absolute atomic E-state index is 0.000989. The van der Waals surface area contributed by atoms with Crippen LogP contribution in [0.15, 0.2) is 88.2 Å². The molecule has 0 spiro atoms. The number of halogens is 1. The van der Waals surface area contributed by atoms with E-state index in [1.807, 2.05) is 6.92 Å². The van der Waals surface area contributed by atoms with Crippen molar-refractivity contribution < 1.29 is 18.0 Å². The molecule has 1 fully saturated rings. The zero-order valence-electron chi connectivity index (χ0n) is 18.0. The van der Waals surface area contributed by atoms with Gasteiger partial charge in [0.1, 0.15) is 5.25 Å². The van der Waals surface area contributed by atoms with Crippen molar-refractivity contribution in [3.8, 4) is 0 Å². The summed E-state index contributed by atoms with van der Waals surface area (Å²) in [6.45, 7) is 1.85. The summed E-state index contributed by atoms with van der Waals surface area (Å²) >= 11 is 6.82. The Hall–Kier alpha value is -3.14. The van der Waals surface area contributed by atoms with Crippen molar-refractivity contribution in [1.82, 2.24) is 0 Å². The molecule has 0 radical (unpaired) electrons. The van der Waals surface area contributed by atoms with Gasteiger partial charge in [0.2, 0.25) is 11.8 Å². The molecule has 34 heavy (non-hydrogen) atoms. The van der Waals surface area contributed by atoms with Gasteiger partial charge in [-0.2, -0.15) is 8.42 Å². The van der Waals surface area contributed by atoms with Crippen molar-refractivity contribution in [2.24, 2.45) is 4.40 Å². The van der Waals surface area contributed by atoms with Gasteiger partial charge in [-0.1, -0.05) is 59.3 Å². The lowest BCUT2D eigenvalue weighted by Gasteiger charge is -2.16. The molecule has 1 aliphatic rings. The molecule has 0 saturated carbocycles. The van der Waals surface area contributed by atoms with Gasteiger partial charge in [-0.3, -0.25) is 14.5 Å². The number of aryl methyl sites for hydroxylation is 1. The molecule has 3 aromatic carbocycles. The maximum Gasteiger partial charge on any atom is 0.284 e. The van der Waals surface area contributed by atoms with Gasteiger partial charge in [0, 0.05) is 17.1 Å². The lowest BCUT2D eigenvalue weighted by molar-refractivity contribution is -0.121. The minimum atomic E-state index is -4.07. The van der Waals surface area contributed by atoms with Crippen LogP contribution in [-0.2, 0) is 19.6 Å². The number of hydrogen-bond acceptors (Lipinski definition) is 5. The van der Waals surface area contributed by atoms with E-state index in [-0.39, 0.29) is 22.4 Å². The lowest BCUT2D eigenvalue weighted by atomic mass is 10.2. The number of carbonyl (C=O) groups excluding carboxylic acids is 2. The van der Waals surface area contributed by atoms with E-state index in [1.54, 1.807) is 66.7 Å². The Balaban J connectivity index is 1.61. The maximum absolute atomic E-state index is 13.2. The molecule has 4 rings (SSSR count). The molecule has 1 aliphatic heterocycles. The predicted molar refractivity (Wildman–Crippen MR) is 136 cm³/mol. The first kappa shape index (κ1) is 24.0. The highest BCUT2D eigenvalue weighted by atomic mass is 35.5. The molecule has 0 aromatic heterocycles. The quantitative estimate of drug-likeness (QED) is 0.507. The summed E-state index contributed by atoms with van der Waals surface area (Å²) in [4.78, 5) is 27.1. The SMILES string of the molecule is Cc1ccc(S(=O)(=O)/N=C2\SC(CC(=O)Nc3ccc(Cl)cc3)C(=O)N2c2ccccc2)cc1. The topological polar surface area (TPSA) is 95.9 Å². The highest BCUT2D eigenvalue weighted by Gasteiger charge is 2.41. The number of anilines is 2. The van der Waals surface area contributed by atoms with Crippen LogP contribution in [0, 0.1) is 6.92 Å². The zero-order chi connectivity index (χ0) is 24.3. The number of nitrogens with one attached hydrogen (secondary N) is 1. The fourth-order valence-corrected chi connectivity index (χ4v) is 5.72. The van der Waals surface area contributed by atoms with Crippen molar-refractivity contribution in [2.45, 2.75) is 23.5 Å². The van der Waals surface area contributed by atoms with Gasteiger partial charge >= 0.3 is 0 Å². The fraction of sp³-hybridized carbons (Fsp3) is 0.125. The largest absolute Gasteiger partial charge is 0.326 e. The molecular weight excluding hydrogens is 494 g/mol. The van der Waals surface area contributed by atoms with E-state index >= 15 is 0 Å². The van der Waals surface area contributed by atoms with Gasteiger partial charge < -0.3 is 5.32 Å². The van der Waals surface area contributed by atoms with Crippen molar-refractivity contribution in [3.63, 3.8) is 0 Å². The molecule has 1 heterocycles. The van der Waals surface area contributed by atoms with Gasteiger partial charge in [-0.25, -0.2) is 0 Å². The average molecular weight is 514 g/mol. The number of amidine groups is 1. The number of para-hydroxylation sites is 1. The first-order valence-corrected chi connectivity index (χ1v) is 13.0. The van der Waals surface area contributed by atoms with E-state index in [4.69, 9.17) is 11.6 Å². The van der Waals surface area contributed by atoms with Crippen LogP contribution in [0.4, 0.5) is 11.4 Å². The predicted octanol–water partition coefficient (Wildman–Crippen LogP) is 4.87. The second kappa shape index (κ2) is 10.0. The summed E-state index contributed by atoms with van der Waals surface area (Å²) in [5.74, 6) is -0.802. The van der Waals surface area contributed by atoms with Crippen LogP contribution in [0.25, 0.3) is 0 Å². The molecule has 0 aliphatic carbocycles. The van der Waals surface area contributed by atoms with Crippen LogP contribution in [0.5, 0.6) is 0 Å². The minimum Gasteiger partial charge on any atom is -0.326 e. The van der Waals surface area contributed by atoms with Crippen LogP contribution < -0.4 is 10.2 Å². The maximum atomic E-state index is 13.2. The Morgan fingerprint density at radius 1 is 1.03 bits per heavy atom. The van der Waals surface area contributed by atoms with E-state index in [0.29, 0.717) is 16.4 Å². The molecule has 1 N–H and O–H groups in total. The molecule has 7 nitrogen and oxygen atoms in total. The first-order chi connectivity index (χ1) is 16.2. The smallest absolute Gasteiger partial charge is 0.284 e. The monoisotopic (exact) mass is 513 g/mol. The summed E-state index contributed by atoms with van der Waals surface area (Å²) in [7, 11) is -4.07. The van der Waals surface area contributed by atoms with Crippen LogP contribution in [-0.4, -0.2) is 30.6 Å². The Morgan fingerprint density at radius 2 is 1.68 bits per heavy atom. The average Bonchev–Trinajstić information content (AvgIpc) is 3.10. The Labute approximate surface area is 206 Å². The molecular formula is C24H20ClN3O4S2. The summed E-state index contributed by atoms with van der Waals surface area (Å²) in [5, 5.41) is 2.43. The number of benzene rings is 3. The van der Waals surface area contributed by atoms with Gasteiger partial charge in [0.15, 0.2) is 5.17 Å². The van der Waals surface area contributed by atoms with Crippen LogP contribution in [0.3, 0.4) is 0 Å². The summed E-state index contributed by atoms with van der Waals surface area (Å²) in [6, 6.07) is 21.5. The number of carbonyl (C=O) groups is 2. The first-order valence-electron chi connectivity index (χ1n) is 10.3. The van der Waals surface area contributed by atoms with Crippen LogP contribution in [0.2, 0.25) is 5.02 Å². The molecule has 10 heteroatoms. The standard InChI is InChI=1S/C24H20ClN3O4S2/c1-16-7-13-20(14-8-16)34(31,32)27-24-28(19-5-3-2-4-6-19)23(30)21(33-24)15-22(29)26-18-11-9-17(25)10-12-18/h2-14,21H,15H2,1H3,(H,26,29)/b27-24-. The highest BCUT2D eigenvalue weighted by molar-refractivity contribution is 8.16. The second-order valence-electron chi connectivity index (χ2n) is 7.54. The van der Waals surface area contributed by atoms with E-state index in [2.05, 4.69) is 9.71 Å². The van der Waals surface area contributed by atoms with E-state index in [0.717, 1.165) is 17.3 Å². The number of thioether (sulfide) groups is 1. The summed E-state index contributed by atoms with van der Waals surface area (Å²) in [6.07, 6.45) is -0.154. The van der Waals surface area contributed by atoms with Crippen molar-refractivity contribution in [2.75, 3.05) is 10.2 Å². The van der Waals surface area contributed by atoms with E-state index in [1.165, 1.54) is 17.0 Å². The van der Waals surface area contributed by atoms with Gasteiger partial charge in [0.05, 0.1) is 10.6 Å². The Kier molecular flexibility index (Phi) is 7.06. The van der Waals surface area contributed by atoms with Gasteiger partial charge in [-0.15, -0.1) is 4.40 Å². The molecule has 3 aromatic rings. The van der Waals surface area contributed by atoms with Crippen molar-refractivity contribution in [1.29, 1.82) is 0 Å². The molecule has 0 bridgehead atoms. The zero-order valence-corrected chi connectivity index (χ0v) is 20.4. The van der Waals surface area contributed by atoms with Crippen molar-refractivity contribution >= 4 is 61.7 Å². The number of rotatable bonds is 6. The second-order valence-corrected chi connectivity index (χ2v) is 10.7. The normalized spacial score (nSPS) is 17.2. The van der Waals surface area contributed by atoms with Gasteiger partial charge in [-0.05, 0) is 55.5 Å². The number of nitrogens with zero attached hydrogens (tertiary/aromatic N) is 2. The van der Waals surface area contributed by atoms with E-state index < -0.39 is 21.2 Å². The third-order valence-corrected chi connectivity index (χ3v) is 7.75. The van der Waals surface area contributed by atoms with Crippen LogP contribution >= 0.6 is 23.4 Å². The molecule has 2 amide bonds. The molecule has 174 valence electrons. The van der Waals surface area contributed by atoms with Gasteiger partial charge in [0.25, 0.3) is 10.0 Å². The fourth-order valence-electron chi connectivity index (χ4n) is 3.25. The third-order valence-electron chi connectivity index (χ3n) is 4.97. The number of amides is 2. The molecule has 1 saturated heterocycles. The van der Waals surface area contributed by atoms with Crippen molar-refractivity contribution in [3.05, 3.63) is 89.4 Å². The van der Waals surface area contributed by atoms with Crippen LogP contribution in [0.1, 0.15) is 12.0 Å². The van der Waals surface area contributed by atoms with E-state index in [9.17, 15) is 18.0 Å². The Morgan fingerprint density at radius 3 is 2.32 bits per heavy atom. The number of sulfonamides is 1. The third kappa shape index (κ3) is 5.49. The summed E-state index contributed by atoms with van der Waals surface area (Å²) < 4.78 is 29.9. The molecule has 1 atom stereocenters. The number of hydrogen-bond donors (Lipinski definition) is 1.